The molecule has 0 atom stereocenters. The zero-order valence-electron chi connectivity index (χ0n) is 6.08. The Labute approximate surface area is 107 Å². The van der Waals surface area contributed by atoms with E-state index in [2.05, 4.69) is 0 Å². The number of hydrogen-bond acceptors (Lipinski definition) is 9. The average molecular weight is 351 g/mol. The van der Waals surface area contributed by atoms with E-state index in [0.29, 0.717) is 0 Å². The maximum absolute atomic E-state index is 5.01. The molecule has 0 aromatic carbocycles. The van der Waals surface area contributed by atoms with Gasteiger partial charge in [0.25, 0.3) is 0 Å². The molecule has 0 saturated heterocycles. The predicted molar refractivity (Wildman–Crippen MR) is 84.6 cm³/mol. The van der Waals surface area contributed by atoms with E-state index < -0.39 is 6.46 Å². The monoisotopic (exact) mass is 350 g/mol. The van der Waals surface area contributed by atoms with Gasteiger partial charge in [0.05, 0.1) is 23.0 Å². The van der Waals surface area contributed by atoms with E-state index in [9.17, 15) is 0 Å². The summed E-state index contributed by atoms with van der Waals surface area (Å²) in [6.45, 7) is -1.70. The Morgan fingerprint density at radius 1 is 1.17 bits per heavy atom. The fourth-order valence-corrected chi connectivity index (χ4v) is 22.2. The van der Waals surface area contributed by atoms with Crippen LogP contribution in [0.25, 0.3) is 0 Å². The molecule has 0 aliphatic heterocycles. The molecule has 0 unspecified atom stereocenters. The first-order valence-corrected chi connectivity index (χ1v) is 16.6. The summed E-state index contributed by atoms with van der Waals surface area (Å²) >= 11 is 10.0. The van der Waals surface area contributed by atoms with E-state index in [4.69, 9.17) is 26.6 Å². The van der Waals surface area contributed by atoms with Crippen molar-refractivity contribution in [3.05, 3.63) is 0 Å². The number of hydrogen-bond donors (Lipinski definition) is 0. The van der Waals surface area contributed by atoms with E-state index in [1.54, 1.807) is 46.4 Å². The van der Waals surface area contributed by atoms with Crippen LogP contribution in [-0.2, 0) is 33.0 Å². The Morgan fingerprint density at radius 3 is 2.25 bits per heavy atom. The topological polar surface area (TPSA) is 9.23 Å². The molecule has 0 rings (SSSR count). The van der Waals surface area contributed by atoms with E-state index >= 15 is 0 Å². The molecule has 0 radical (unpaired) electrons. The maximum Gasteiger partial charge on any atom is 0.0846 e. The molecule has 0 aliphatic rings. The van der Waals surface area contributed by atoms with Gasteiger partial charge in [-0.2, -0.15) is 0 Å². The van der Waals surface area contributed by atoms with Crippen LogP contribution < -0.4 is 0 Å². The Bertz CT molecular complexity index is 185. The third-order valence-corrected chi connectivity index (χ3v) is 21.6. The highest BCUT2D eigenvalue weighted by Gasteiger charge is 2.01. The lowest BCUT2D eigenvalue weighted by atomic mass is 11.8. The smallest absolute Gasteiger partial charge is 0.0846 e. The molecule has 0 N–H and O–H groups in total. The average Bonchev–Trinajstić information content (AvgIpc) is 2.04. The minimum Gasteiger partial charge on any atom is -0.305 e. The van der Waals surface area contributed by atoms with Crippen molar-refractivity contribution in [3.63, 3.8) is 0 Å². The summed E-state index contributed by atoms with van der Waals surface area (Å²) in [5, 5.41) is 0. The van der Waals surface area contributed by atoms with Gasteiger partial charge < -0.3 is 4.18 Å². The van der Waals surface area contributed by atoms with Gasteiger partial charge in [-0.05, 0) is 42.0 Å². The van der Waals surface area contributed by atoms with Gasteiger partial charge in [0.2, 0.25) is 0 Å². The van der Waals surface area contributed by atoms with Crippen molar-refractivity contribution in [2.24, 2.45) is 0 Å². The first-order valence-electron chi connectivity index (χ1n) is 2.32. The second kappa shape index (κ2) is 9.30. The summed E-state index contributed by atoms with van der Waals surface area (Å²) in [6, 6.07) is 0. The highest BCUT2D eigenvalue weighted by molar-refractivity contribution is 9.47. The van der Waals surface area contributed by atoms with Crippen LogP contribution in [0.1, 0.15) is 0 Å². The van der Waals surface area contributed by atoms with E-state index in [1.807, 2.05) is 10.2 Å². The molecule has 0 fully saturated rings. The van der Waals surface area contributed by atoms with E-state index in [1.165, 1.54) is 19.2 Å². The van der Waals surface area contributed by atoms with Gasteiger partial charge in [0, 0.05) is 29.5 Å². The molecule has 0 aromatic heterocycles. The lowest BCUT2D eigenvalue weighted by molar-refractivity contribution is 0.491. The summed E-state index contributed by atoms with van der Waals surface area (Å²) in [5.74, 6) is 0. The van der Waals surface area contributed by atoms with Crippen LogP contribution in [0.15, 0.2) is 0 Å². The molecule has 0 aromatic rings. The van der Waals surface area contributed by atoms with Crippen LogP contribution in [0, 0.1) is 0 Å². The van der Waals surface area contributed by atoms with Gasteiger partial charge >= 0.3 is 0 Å². The zero-order chi connectivity index (χ0) is 9.45. The number of rotatable bonds is 7. The lowest BCUT2D eigenvalue weighted by Gasteiger charge is -2.03. The minimum absolute atomic E-state index is 1.17. The predicted octanol–water partition coefficient (Wildman–Crippen LogP) is 2.80. The van der Waals surface area contributed by atoms with Crippen molar-refractivity contribution >= 4 is 97.6 Å². The molecule has 0 heterocycles. The van der Waals surface area contributed by atoms with Gasteiger partial charge in [-0.15, -0.1) is 10.2 Å². The van der Waals surface area contributed by atoms with Crippen LogP contribution in [-0.4, -0.2) is 16.5 Å². The molecule has 0 aliphatic carbocycles. The molecule has 12 heavy (non-hydrogen) atoms. The maximum atomic E-state index is 5.01. The molecule has 0 spiro atoms. The quantitative estimate of drug-likeness (QED) is 0.386. The fraction of sp³-hybridized carbons (Fsp3) is 1.00. The Kier molecular flexibility index (Phi) is 11.7. The van der Waals surface area contributed by atoms with Crippen molar-refractivity contribution in [1.29, 1.82) is 0 Å². The summed E-state index contributed by atoms with van der Waals surface area (Å²) in [5.41, 5.74) is 0. The third-order valence-electron chi connectivity index (χ3n) is 0.467. The molecular weight excluding hydrogens is 345 g/mol. The van der Waals surface area contributed by atoms with Crippen molar-refractivity contribution < 1.29 is 4.18 Å². The molecule has 0 amide bonds. The van der Waals surface area contributed by atoms with Crippen LogP contribution >= 0.6 is 59.4 Å². The molecule has 0 saturated carbocycles. The van der Waals surface area contributed by atoms with E-state index in [0.717, 1.165) is 0 Å². The highest BCUT2D eigenvalue weighted by atomic mass is 34.0. The Balaban J connectivity index is 3.32. The summed E-state index contributed by atoms with van der Waals surface area (Å²) in [6.07, 6.45) is 0. The van der Waals surface area contributed by atoms with Crippen molar-refractivity contribution in [1.82, 2.24) is 0 Å². The van der Waals surface area contributed by atoms with Gasteiger partial charge in [0.1, 0.15) is 0 Å². The highest BCUT2D eigenvalue weighted by Crippen LogP contribution is 2.53. The zero-order valence-corrected chi connectivity index (χ0v) is 15.4. The van der Waals surface area contributed by atoms with Crippen LogP contribution in [0.4, 0.5) is 0 Å². The largest absolute Gasteiger partial charge is 0.305 e. The summed E-state index contributed by atoms with van der Waals surface area (Å²) in [4.78, 5) is 0. The standard InChI is InChI=1S/CH6OS9Si/c1-2-11(3,4)9-7-5-6-8-10-12/h1,12H3. The van der Waals surface area contributed by atoms with Crippen molar-refractivity contribution in [2.75, 3.05) is 7.11 Å². The van der Waals surface area contributed by atoms with Gasteiger partial charge in [0.15, 0.2) is 0 Å². The normalized spacial score (nSPS) is 12.1. The summed E-state index contributed by atoms with van der Waals surface area (Å²) < 4.78 is 4.97. The molecule has 11 heteroatoms. The molecule has 0 bridgehead atoms. The van der Waals surface area contributed by atoms with Gasteiger partial charge in [-0.3, -0.25) is 0 Å². The van der Waals surface area contributed by atoms with Crippen molar-refractivity contribution in [3.8, 4) is 0 Å². The van der Waals surface area contributed by atoms with E-state index in [-0.39, 0.29) is 0 Å². The first kappa shape index (κ1) is 15.1. The Hall–Kier alpha value is 3.07. The summed E-state index contributed by atoms with van der Waals surface area (Å²) in [7, 11) is 12.9. The van der Waals surface area contributed by atoms with Gasteiger partial charge in [-0.25, -0.2) is 0 Å². The molecule has 1 nitrogen and oxygen atoms in total. The van der Waals surface area contributed by atoms with Crippen LogP contribution in [0.3, 0.4) is 0 Å². The SMILES string of the molecule is COS(=S)(=S)SSSSSS[SiH3]. The molecular formula is CH6OS9Si. The minimum atomic E-state index is -1.70. The van der Waals surface area contributed by atoms with Crippen molar-refractivity contribution in [2.45, 2.75) is 0 Å². The van der Waals surface area contributed by atoms with Crippen LogP contribution in [0.5, 0.6) is 0 Å². The fourth-order valence-electron chi connectivity index (χ4n) is 0.124. The van der Waals surface area contributed by atoms with Gasteiger partial charge in [-0.1, -0.05) is 0 Å². The lowest BCUT2D eigenvalue weighted by Crippen LogP contribution is -1.87. The second-order valence-corrected chi connectivity index (χ2v) is 21.5. The Morgan fingerprint density at radius 2 is 1.75 bits per heavy atom. The third kappa shape index (κ3) is 9.62. The second-order valence-electron chi connectivity index (χ2n) is 1.08. The van der Waals surface area contributed by atoms with Crippen LogP contribution in [0.2, 0.25) is 0 Å². The first-order chi connectivity index (χ1) is 5.62. The molecule has 74 valence electrons.